The van der Waals surface area contributed by atoms with Crippen molar-refractivity contribution in [2.75, 3.05) is 7.11 Å². The van der Waals surface area contributed by atoms with Crippen molar-refractivity contribution in [2.45, 2.75) is 38.2 Å². The molecule has 0 saturated heterocycles. The fourth-order valence-corrected chi connectivity index (χ4v) is 1.98. The first kappa shape index (κ1) is 25.4. The van der Waals surface area contributed by atoms with Crippen LogP contribution in [0.2, 0.25) is 0 Å². The van der Waals surface area contributed by atoms with E-state index in [9.17, 15) is 0 Å². The van der Waals surface area contributed by atoms with Gasteiger partial charge in [0.1, 0.15) is 5.76 Å². The van der Waals surface area contributed by atoms with Crippen molar-refractivity contribution in [3.8, 4) is 0 Å². The molecule has 0 radical (unpaired) electrons. The average Bonchev–Trinajstić information content (AvgIpc) is 2.97. The molecule has 1 heterocycles. The van der Waals surface area contributed by atoms with E-state index in [0.29, 0.717) is 0 Å². The van der Waals surface area contributed by atoms with Crippen LogP contribution in [0, 0.1) is 20.0 Å². The van der Waals surface area contributed by atoms with Crippen molar-refractivity contribution in [3.63, 3.8) is 0 Å². The molecule has 0 amide bonds. The summed E-state index contributed by atoms with van der Waals surface area (Å²) in [6.45, 7) is 15.7. The van der Waals surface area contributed by atoms with Gasteiger partial charge in [0.25, 0.3) is 0 Å². The topological polar surface area (TPSA) is 90.5 Å². The van der Waals surface area contributed by atoms with E-state index < -0.39 is 0 Å². The second-order valence-corrected chi connectivity index (χ2v) is 4.09. The minimum absolute atomic E-state index is 0. The van der Waals surface area contributed by atoms with Gasteiger partial charge in [-0.2, -0.15) is 0 Å². The minimum atomic E-state index is -0.216. The summed E-state index contributed by atoms with van der Waals surface area (Å²) in [7, 11) is 1.68. The van der Waals surface area contributed by atoms with Crippen molar-refractivity contribution in [2.24, 2.45) is 5.16 Å². The van der Waals surface area contributed by atoms with Crippen molar-refractivity contribution in [1.82, 2.24) is 0 Å². The van der Waals surface area contributed by atoms with Gasteiger partial charge in [0.2, 0.25) is 0 Å². The van der Waals surface area contributed by atoms with Crippen LogP contribution in [0.1, 0.15) is 32.6 Å². The van der Waals surface area contributed by atoms with E-state index in [-0.39, 0.29) is 22.7 Å². The molecule has 6 nitrogen and oxygen atoms in total. The molecule has 0 aromatic rings. The van der Waals surface area contributed by atoms with Gasteiger partial charge in [-0.15, -0.1) is 0 Å². The Morgan fingerprint density at radius 3 is 2.27 bits per heavy atom. The van der Waals surface area contributed by atoms with E-state index in [1.54, 1.807) is 7.11 Å². The molecule has 2 rings (SSSR count). The van der Waals surface area contributed by atoms with Gasteiger partial charge < -0.3 is 9.57 Å². The molecule has 1 aliphatic heterocycles. The third-order valence-electron chi connectivity index (χ3n) is 2.83. The number of methoxy groups -OCH3 is 1. The molecule has 0 aromatic heterocycles. The van der Waals surface area contributed by atoms with Gasteiger partial charge in [0.15, 0.2) is 5.60 Å². The fraction of sp³-hybridized carbons (Fsp3) is 0.467. The molecule has 120 valence electrons. The third-order valence-corrected chi connectivity index (χ3v) is 2.83. The average molecular weight is 347 g/mol. The number of rotatable bonds is 3. The van der Waals surface area contributed by atoms with Gasteiger partial charge in [-0.25, -0.2) is 0 Å². The van der Waals surface area contributed by atoms with E-state index in [4.69, 9.17) is 23.5 Å². The van der Waals surface area contributed by atoms with Crippen LogP contribution in [0.4, 0.5) is 0 Å². The van der Waals surface area contributed by atoms with Crippen LogP contribution in [0.25, 0.3) is 0 Å². The standard InChI is InChI=1S/C12H17NO2.3CO.Fe/c1-3-4-10-9-12(15-13-10)7-5-11(14-2)6-8-12;3*1-2;/h5-7H,3-4,8-9H2,1-2H3;;;;. The summed E-state index contributed by atoms with van der Waals surface area (Å²) >= 11 is 0. The van der Waals surface area contributed by atoms with E-state index >= 15 is 0 Å². The van der Waals surface area contributed by atoms with Crippen LogP contribution in [0.5, 0.6) is 0 Å². The first-order chi connectivity index (χ1) is 10.3. The van der Waals surface area contributed by atoms with Gasteiger partial charge in [0, 0.05) is 29.9 Å². The Morgan fingerprint density at radius 2 is 1.86 bits per heavy atom. The third kappa shape index (κ3) is 8.06. The fourth-order valence-electron chi connectivity index (χ4n) is 1.98. The predicted molar refractivity (Wildman–Crippen MR) is 71.4 cm³/mol. The summed E-state index contributed by atoms with van der Waals surface area (Å²) in [5.74, 6) is 0.910. The van der Waals surface area contributed by atoms with Crippen molar-refractivity contribution >= 4 is 5.71 Å². The van der Waals surface area contributed by atoms with Gasteiger partial charge in [0.05, 0.1) is 12.8 Å². The van der Waals surface area contributed by atoms with Crippen molar-refractivity contribution in [3.05, 3.63) is 43.9 Å². The molecule has 2 aliphatic rings. The Labute approximate surface area is 141 Å². The maximum absolute atomic E-state index is 7.50. The molecule has 1 spiro atoms. The molecule has 1 unspecified atom stereocenters. The quantitative estimate of drug-likeness (QED) is 0.446. The Kier molecular flexibility index (Phi) is 18.4. The second kappa shape index (κ2) is 15.9. The number of nitrogens with zero attached hydrogens (tertiary/aromatic N) is 1. The van der Waals surface area contributed by atoms with Gasteiger partial charge >= 0.3 is 33.9 Å². The summed E-state index contributed by atoms with van der Waals surface area (Å²) in [6, 6.07) is 0. The molecule has 1 atom stereocenters. The smallest absolute Gasteiger partial charge is 0 e. The van der Waals surface area contributed by atoms with E-state index in [1.807, 2.05) is 6.08 Å². The molecule has 0 N–H and O–H groups in total. The Bertz CT molecular complexity index is 436. The predicted octanol–water partition coefficient (Wildman–Crippen LogP) is 2.68. The maximum atomic E-state index is 7.50. The van der Waals surface area contributed by atoms with Crippen LogP contribution in [0.15, 0.2) is 29.1 Å². The van der Waals surface area contributed by atoms with Crippen LogP contribution in [-0.2, 0) is 40.6 Å². The molecular weight excluding hydrogens is 330 g/mol. The summed E-state index contributed by atoms with van der Waals surface area (Å²) < 4.78 is 27.6. The minimum Gasteiger partial charge on any atom is 0 e. The zero-order chi connectivity index (χ0) is 16.7. The monoisotopic (exact) mass is 347 g/mol. The normalized spacial score (nSPS) is 19.8. The van der Waals surface area contributed by atoms with Crippen molar-refractivity contribution < 1.29 is 40.6 Å². The van der Waals surface area contributed by atoms with Gasteiger partial charge in [-0.3, -0.25) is 0 Å². The summed E-state index contributed by atoms with van der Waals surface area (Å²) in [5, 5.41) is 4.15. The van der Waals surface area contributed by atoms with Gasteiger partial charge in [-0.1, -0.05) is 18.5 Å². The second-order valence-electron chi connectivity index (χ2n) is 4.09. The zero-order valence-electron chi connectivity index (χ0n) is 12.4. The molecule has 7 heteroatoms. The number of hydrogen-bond donors (Lipinski definition) is 0. The molecule has 0 saturated carbocycles. The molecule has 1 aliphatic carbocycles. The summed E-state index contributed by atoms with van der Waals surface area (Å²) in [6.07, 6.45) is 10.0. The van der Waals surface area contributed by atoms with E-state index in [0.717, 1.165) is 31.4 Å². The first-order valence-corrected chi connectivity index (χ1v) is 6.06. The Morgan fingerprint density at radius 1 is 1.27 bits per heavy atom. The number of ether oxygens (including phenoxy) is 1. The van der Waals surface area contributed by atoms with Crippen LogP contribution >= 0.6 is 0 Å². The van der Waals surface area contributed by atoms with E-state index in [2.05, 4.69) is 44.2 Å². The molecule has 0 bridgehead atoms. The summed E-state index contributed by atoms with van der Waals surface area (Å²) in [5.41, 5.74) is 0.961. The van der Waals surface area contributed by atoms with Crippen LogP contribution in [-0.4, -0.2) is 18.4 Å². The zero-order valence-corrected chi connectivity index (χ0v) is 13.5. The van der Waals surface area contributed by atoms with E-state index in [1.165, 1.54) is 5.71 Å². The molecule has 22 heavy (non-hydrogen) atoms. The summed E-state index contributed by atoms with van der Waals surface area (Å²) in [4.78, 5) is 5.54. The largest absolute Gasteiger partial charge is 0 e. The van der Waals surface area contributed by atoms with Crippen molar-refractivity contribution in [1.29, 1.82) is 0 Å². The maximum Gasteiger partial charge on any atom is 0 e. The Balaban J connectivity index is -0.000000463. The number of hydrogen-bond acceptors (Lipinski definition) is 3. The van der Waals surface area contributed by atoms with Gasteiger partial charge in [-0.05, 0) is 24.6 Å². The SMILES string of the molecule is CCCC1=NOC2(C=CC(OC)=CC2)C1.[C-]#[O+].[C-]#[O+].[C-]#[O+].[Fe]. The van der Waals surface area contributed by atoms with Crippen LogP contribution < -0.4 is 0 Å². The number of allylic oxidation sites excluding steroid dienone is 1. The molecule has 0 fully saturated rings. The molecule has 0 aromatic carbocycles. The van der Waals surface area contributed by atoms with Crippen LogP contribution in [0.3, 0.4) is 0 Å². The first-order valence-electron chi connectivity index (χ1n) is 6.06. The Hall–Kier alpha value is -1.51. The number of oxime groups is 1. The molecular formula is C15H17FeNO5.